The number of halogens is 3. The normalized spacial score (nSPS) is 11.6. The number of hydrogen-bond acceptors (Lipinski definition) is 5. The lowest BCUT2D eigenvalue weighted by molar-refractivity contribution is -0.138. The van der Waals surface area contributed by atoms with E-state index in [1.54, 1.807) is 18.2 Å². The molecule has 2 rings (SSSR count). The van der Waals surface area contributed by atoms with Crippen LogP contribution in [-0.4, -0.2) is 16.7 Å². The van der Waals surface area contributed by atoms with Crippen LogP contribution in [0.4, 0.5) is 13.2 Å². The van der Waals surface area contributed by atoms with Gasteiger partial charge in [-0.3, -0.25) is 0 Å². The predicted molar refractivity (Wildman–Crippen MR) is 68.8 cm³/mol. The van der Waals surface area contributed by atoms with Gasteiger partial charge in [0.25, 0.3) is 5.19 Å². The molecule has 0 bridgehead atoms. The second-order valence-corrected chi connectivity index (χ2v) is 4.95. The molecule has 20 heavy (non-hydrogen) atoms. The molecule has 1 aromatic heterocycles. The van der Waals surface area contributed by atoms with Crippen molar-refractivity contribution in [1.82, 2.24) is 10.2 Å². The van der Waals surface area contributed by atoms with E-state index in [4.69, 9.17) is 10.5 Å². The Bertz CT molecular complexity index is 571. The van der Waals surface area contributed by atoms with Crippen LogP contribution in [0.1, 0.15) is 17.0 Å². The van der Waals surface area contributed by atoms with E-state index in [1.807, 2.05) is 6.07 Å². The van der Waals surface area contributed by atoms with Crippen molar-refractivity contribution in [1.29, 1.82) is 0 Å². The number of ether oxygens (including phenoxy) is 1. The molecule has 0 radical (unpaired) electrons. The second-order valence-electron chi connectivity index (χ2n) is 4.01. The van der Waals surface area contributed by atoms with Crippen molar-refractivity contribution in [2.75, 3.05) is 6.54 Å². The van der Waals surface area contributed by atoms with Crippen molar-refractivity contribution in [3.63, 3.8) is 0 Å². The highest BCUT2D eigenvalue weighted by molar-refractivity contribution is 7.13. The minimum absolute atomic E-state index is 0.131. The summed E-state index contributed by atoms with van der Waals surface area (Å²) in [6.07, 6.45) is -2.87. The highest BCUT2D eigenvalue weighted by atomic mass is 32.1. The first-order valence-corrected chi connectivity index (χ1v) is 6.68. The van der Waals surface area contributed by atoms with Crippen LogP contribution in [0.3, 0.4) is 0 Å². The van der Waals surface area contributed by atoms with E-state index in [0.29, 0.717) is 23.6 Å². The van der Waals surface area contributed by atoms with E-state index in [9.17, 15) is 13.2 Å². The summed E-state index contributed by atoms with van der Waals surface area (Å²) in [4.78, 5) is 0. The summed E-state index contributed by atoms with van der Waals surface area (Å²) in [7, 11) is 0. The number of benzene rings is 1. The van der Waals surface area contributed by atoms with Crippen molar-refractivity contribution in [2.24, 2.45) is 5.73 Å². The third kappa shape index (κ3) is 3.91. The van der Waals surface area contributed by atoms with Crippen LogP contribution in [0.2, 0.25) is 0 Å². The van der Waals surface area contributed by atoms with E-state index in [2.05, 4.69) is 10.2 Å². The van der Waals surface area contributed by atoms with E-state index in [1.165, 1.54) is 0 Å². The summed E-state index contributed by atoms with van der Waals surface area (Å²) in [5.74, 6) is 0.435. The molecule has 0 unspecified atom stereocenters. The fourth-order valence-corrected chi connectivity index (χ4v) is 2.12. The van der Waals surface area contributed by atoms with Crippen molar-refractivity contribution >= 4 is 11.3 Å². The molecule has 0 aliphatic heterocycles. The molecule has 2 N–H and O–H groups in total. The molecule has 0 amide bonds. The smallest absolute Gasteiger partial charge is 0.430 e. The first kappa shape index (κ1) is 14.7. The van der Waals surface area contributed by atoms with Gasteiger partial charge in [-0.1, -0.05) is 28.6 Å². The van der Waals surface area contributed by atoms with Gasteiger partial charge in [-0.2, -0.15) is 13.2 Å². The molecular formula is C12H12F3N3OS. The summed E-state index contributed by atoms with van der Waals surface area (Å²) >= 11 is 0.369. The Morgan fingerprint density at radius 2 is 2.05 bits per heavy atom. The van der Waals surface area contributed by atoms with Gasteiger partial charge in [0.05, 0.1) is 0 Å². The molecule has 0 saturated heterocycles. The van der Waals surface area contributed by atoms with Crippen molar-refractivity contribution in [3.05, 3.63) is 34.8 Å². The Labute approximate surface area is 117 Å². The number of nitrogens with zero attached hydrogens (tertiary/aromatic N) is 2. The van der Waals surface area contributed by atoms with Gasteiger partial charge >= 0.3 is 6.18 Å². The number of nitrogens with two attached hydrogens (primary N) is 1. The Morgan fingerprint density at radius 3 is 2.70 bits per heavy atom. The molecule has 4 nitrogen and oxygen atoms in total. The van der Waals surface area contributed by atoms with Crippen LogP contribution in [0.15, 0.2) is 24.3 Å². The van der Waals surface area contributed by atoms with Crippen molar-refractivity contribution in [3.8, 4) is 10.9 Å². The van der Waals surface area contributed by atoms with Crippen LogP contribution >= 0.6 is 11.3 Å². The molecule has 1 heterocycles. The lowest BCUT2D eigenvalue weighted by Crippen LogP contribution is -2.03. The van der Waals surface area contributed by atoms with Gasteiger partial charge in [0, 0.05) is 0 Å². The van der Waals surface area contributed by atoms with Gasteiger partial charge in [0.2, 0.25) is 5.01 Å². The molecule has 1 aromatic carbocycles. The zero-order valence-electron chi connectivity index (χ0n) is 10.4. The fourth-order valence-electron chi connectivity index (χ4n) is 1.54. The number of aromatic nitrogens is 2. The minimum atomic E-state index is -4.50. The topological polar surface area (TPSA) is 61.0 Å². The highest BCUT2D eigenvalue weighted by Crippen LogP contribution is 2.35. The van der Waals surface area contributed by atoms with Gasteiger partial charge in [-0.15, -0.1) is 5.10 Å². The van der Waals surface area contributed by atoms with Gasteiger partial charge in [-0.05, 0) is 37.1 Å². The quantitative estimate of drug-likeness (QED) is 0.921. The molecule has 0 fully saturated rings. The lowest BCUT2D eigenvalue weighted by atomic mass is 10.1. The zero-order chi connectivity index (χ0) is 14.6. The lowest BCUT2D eigenvalue weighted by Gasteiger charge is -2.04. The standard InChI is InChI=1S/C12H12F3N3OS/c13-12(14,15)10-17-18-11(20-10)19-9-5-1-3-8(7-9)4-2-6-16/h1,3,5,7H,2,4,6,16H2. The van der Waals surface area contributed by atoms with Gasteiger partial charge < -0.3 is 10.5 Å². The molecule has 0 atom stereocenters. The number of aryl methyl sites for hydroxylation is 1. The Kier molecular flexibility index (Phi) is 4.56. The first-order valence-electron chi connectivity index (χ1n) is 5.86. The first-order chi connectivity index (χ1) is 9.49. The SMILES string of the molecule is NCCCc1cccc(Oc2nnc(C(F)(F)F)s2)c1. The monoisotopic (exact) mass is 303 g/mol. The molecule has 0 spiro atoms. The second kappa shape index (κ2) is 6.19. The third-order valence-electron chi connectivity index (χ3n) is 2.42. The van der Waals surface area contributed by atoms with E-state index < -0.39 is 11.2 Å². The molecular weight excluding hydrogens is 291 g/mol. The number of alkyl halides is 3. The van der Waals surface area contributed by atoms with Crippen LogP contribution < -0.4 is 10.5 Å². The molecule has 2 aromatic rings. The van der Waals surface area contributed by atoms with Crippen LogP contribution in [-0.2, 0) is 12.6 Å². The fraction of sp³-hybridized carbons (Fsp3) is 0.333. The van der Waals surface area contributed by atoms with E-state index in [-0.39, 0.29) is 5.19 Å². The average molecular weight is 303 g/mol. The number of hydrogen-bond donors (Lipinski definition) is 1. The van der Waals surface area contributed by atoms with Crippen LogP contribution in [0.5, 0.6) is 10.9 Å². The molecule has 8 heteroatoms. The maximum Gasteiger partial charge on any atom is 0.445 e. The zero-order valence-corrected chi connectivity index (χ0v) is 11.2. The molecule has 108 valence electrons. The molecule has 0 aliphatic carbocycles. The van der Waals surface area contributed by atoms with Gasteiger partial charge in [-0.25, -0.2) is 0 Å². The summed E-state index contributed by atoms with van der Waals surface area (Å²) in [6, 6.07) is 7.08. The van der Waals surface area contributed by atoms with E-state index in [0.717, 1.165) is 18.4 Å². The average Bonchev–Trinajstić information content (AvgIpc) is 2.85. The predicted octanol–water partition coefficient (Wildman–Crippen LogP) is 3.24. The summed E-state index contributed by atoms with van der Waals surface area (Å²) in [6.45, 7) is 0.580. The third-order valence-corrected chi connectivity index (χ3v) is 3.27. The van der Waals surface area contributed by atoms with Gasteiger partial charge in [0.1, 0.15) is 5.75 Å². The Morgan fingerprint density at radius 1 is 1.25 bits per heavy atom. The van der Waals surface area contributed by atoms with Crippen LogP contribution in [0.25, 0.3) is 0 Å². The van der Waals surface area contributed by atoms with E-state index >= 15 is 0 Å². The summed E-state index contributed by atoms with van der Waals surface area (Å²) < 4.78 is 42.4. The van der Waals surface area contributed by atoms with Gasteiger partial charge in [0.15, 0.2) is 0 Å². The molecule has 0 saturated carbocycles. The highest BCUT2D eigenvalue weighted by Gasteiger charge is 2.36. The maximum absolute atomic E-state index is 12.4. The Balaban J connectivity index is 2.08. The largest absolute Gasteiger partial charge is 0.445 e. The Hall–Kier alpha value is -1.67. The maximum atomic E-state index is 12.4. The summed E-state index contributed by atoms with van der Waals surface area (Å²) in [5.41, 5.74) is 6.43. The van der Waals surface area contributed by atoms with Crippen molar-refractivity contribution < 1.29 is 17.9 Å². The minimum Gasteiger partial charge on any atom is -0.430 e. The van der Waals surface area contributed by atoms with Crippen LogP contribution in [0, 0.1) is 0 Å². The molecule has 0 aliphatic rings. The van der Waals surface area contributed by atoms with Crippen molar-refractivity contribution in [2.45, 2.75) is 19.0 Å². The summed E-state index contributed by atoms with van der Waals surface area (Å²) in [5, 5.41) is 5.28. The number of rotatable bonds is 5.